The summed E-state index contributed by atoms with van der Waals surface area (Å²) < 4.78 is 0. The maximum atomic E-state index is 4.74. The number of hydrogen-bond acceptors (Lipinski definition) is 3. The van der Waals surface area contributed by atoms with E-state index in [4.69, 9.17) is 4.99 Å². The maximum Gasteiger partial charge on any atom is 0.0711 e. The van der Waals surface area contributed by atoms with Crippen LogP contribution < -0.4 is 0 Å². The first kappa shape index (κ1) is 28.4. The molecule has 0 bridgehead atoms. The van der Waals surface area contributed by atoms with Crippen molar-refractivity contribution in [3.8, 4) is 0 Å². The van der Waals surface area contributed by atoms with Crippen LogP contribution in [-0.4, -0.2) is 16.4 Å². The fourth-order valence-corrected chi connectivity index (χ4v) is 3.91. The molecule has 0 amide bonds. The van der Waals surface area contributed by atoms with E-state index in [1.807, 2.05) is 44.3 Å². The largest absolute Gasteiger partial charge is 0.265 e. The summed E-state index contributed by atoms with van der Waals surface area (Å²) in [4.78, 5) is 13.8. The molecule has 0 aliphatic heterocycles. The number of pyridine rings is 1. The van der Waals surface area contributed by atoms with Gasteiger partial charge in [-0.05, 0) is 87.4 Å². The molecule has 0 saturated carbocycles. The molecule has 0 aliphatic carbocycles. The van der Waals surface area contributed by atoms with Crippen LogP contribution in [-0.2, 0) is 0 Å². The highest BCUT2D eigenvalue weighted by atomic mass is 14.7. The molecule has 0 fully saturated rings. The second kappa shape index (κ2) is 15.2. The van der Waals surface area contributed by atoms with Gasteiger partial charge in [0.1, 0.15) is 0 Å². The monoisotopic (exact) mass is 477 g/mol. The van der Waals surface area contributed by atoms with Crippen molar-refractivity contribution in [2.24, 2.45) is 9.98 Å². The van der Waals surface area contributed by atoms with Gasteiger partial charge in [0.15, 0.2) is 0 Å². The van der Waals surface area contributed by atoms with Crippen molar-refractivity contribution in [3.05, 3.63) is 109 Å². The predicted molar refractivity (Wildman–Crippen MR) is 161 cm³/mol. The summed E-state index contributed by atoms with van der Waals surface area (Å²) in [7, 11) is 0. The molecule has 2 rings (SSSR count). The smallest absolute Gasteiger partial charge is 0.0711 e. The number of benzene rings is 1. The molecule has 2 aromatic rings. The lowest BCUT2D eigenvalue weighted by Crippen LogP contribution is -1.96. The second-order valence-electron chi connectivity index (χ2n) is 8.80. The van der Waals surface area contributed by atoms with Gasteiger partial charge in [0.2, 0.25) is 0 Å². The third kappa shape index (κ3) is 8.76. The molecular weight excluding hydrogens is 438 g/mol. The Hall–Kier alpha value is -3.81. The van der Waals surface area contributed by atoms with Gasteiger partial charge in [-0.1, -0.05) is 63.5 Å². The zero-order chi connectivity index (χ0) is 26.3. The molecule has 0 aliphatic rings. The van der Waals surface area contributed by atoms with Crippen LogP contribution in [0.5, 0.6) is 0 Å². The first-order valence-corrected chi connectivity index (χ1v) is 12.5. The Kier molecular flexibility index (Phi) is 12.0. The van der Waals surface area contributed by atoms with Crippen molar-refractivity contribution in [2.75, 3.05) is 0 Å². The number of allylic oxidation sites excluding steroid dienone is 5. The number of hydrogen-bond donors (Lipinski definition) is 0. The van der Waals surface area contributed by atoms with E-state index in [0.29, 0.717) is 0 Å². The standard InChI is InChI=1S/C33H39N3/c1-8-12-21-34-27(7)28(9-2)18-16-14-13-15-17-25(5)35-24-30(11-4)32-22-31-20-19-26(6)36-33(31)23-29(32)10-3/h8,10-12,19-24H,1-4,13-18H2,5-7H3/b21-12-,30-24+,34-27?,35-25?. The van der Waals surface area contributed by atoms with Crippen LogP contribution in [0.2, 0.25) is 0 Å². The Labute approximate surface area is 217 Å². The molecule has 1 heterocycles. The SMILES string of the molecule is C=C=C(CCCCCCC(C)=N/C=C(\C=C)c1cc2ccc(C)nc2cc1C=C)C(C)=N/C=C\C=C. The first-order chi connectivity index (χ1) is 17.4. The number of unbranched alkanes of at least 4 members (excludes halogenated alkanes) is 3. The number of aryl methyl sites for hydroxylation is 1. The van der Waals surface area contributed by atoms with E-state index >= 15 is 0 Å². The van der Waals surface area contributed by atoms with Crippen molar-refractivity contribution < 1.29 is 0 Å². The number of nitrogens with zero attached hydrogens (tertiary/aromatic N) is 3. The Morgan fingerprint density at radius 1 is 1.00 bits per heavy atom. The van der Waals surface area contributed by atoms with E-state index in [9.17, 15) is 0 Å². The molecule has 1 aromatic carbocycles. The summed E-state index contributed by atoms with van der Waals surface area (Å²) in [5, 5.41) is 1.10. The van der Waals surface area contributed by atoms with Gasteiger partial charge in [-0.15, -0.1) is 5.73 Å². The summed E-state index contributed by atoms with van der Waals surface area (Å²) in [5.41, 5.74) is 11.3. The average Bonchev–Trinajstić information content (AvgIpc) is 2.88. The number of aliphatic imine (C=N–C) groups is 2. The molecule has 0 saturated heterocycles. The summed E-state index contributed by atoms with van der Waals surface area (Å²) >= 11 is 0. The van der Waals surface area contributed by atoms with Gasteiger partial charge in [-0.3, -0.25) is 15.0 Å². The Bertz CT molecular complexity index is 1260. The van der Waals surface area contributed by atoms with Crippen LogP contribution in [0.1, 0.15) is 69.2 Å². The molecule has 36 heavy (non-hydrogen) atoms. The number of rotatable bonds is 14. The van der Waals surface area contributed by atoms with E-state index in [1.165, 1.54) is 6.42 Å². The van der Waals surface area contributed by atoms with Gasteiger partial charge >= 0.3 is 0 Å². The molecule has 0 radical (unpaired) electrons. The van der Waals surface area contributed by atoms with Crippen LogP contribution in [0.25, 0.3) is 22.6 Å². The summed E-state index contributed by atoms with van der Waals surface area (Å²) in [6.07, 6.45) is 17.4. The van der Waals surface area contributed by atoms with Gasteiger partial charge in [0.05, 0.1) is 5.52 Å². The molecule has 0 atom stereocenters. The number of fused-ring (bicyclic) bond motifs is 1. The Morgan fingerprint density at radius 3 is 2.42 bits per heavy atom. The minimum Gasteiger partial charge on any atom is -0.265 e. The van der Waals surface area contributed by atoms with E-state index < -0.39 is 0 Å². The maximum absolute atomic E-state index is 4.74. The molecule has 1 aromatic heterocycles. The fraction of sp³-hybridized carbons (Fsp3) is 0.273. The highest BCUT2D eigenvalue weighted by Crippen LogP contribution is 2.27. The fourth-order valence-electron chi connectivity index (χ4n) is 3.91. The lowest BCUT2D eigenvalue weighted by molar-refractivity contribution is 0.655. The minimum absolute atomic E-state index is 0.950. The van der Waals surface area contributed by atoms with Crippen molar-refractivity contribution >= 4 is 34.0 Å². The third-order valence-electron chi connectivity index (χ3n) is 6.03. The molecule has 3 nitrogen and oxygen atoms in total. The van der Waals surface area contributed by atoms with E-state index in [0.717, 1.165) is 82.4 Å². The average molecular weight is 478 g/mol. The summed E-state index contributed by atoms with van der Waals surface area (Å²) in [6.45, 7) is 21.6. The Morgan fingerprint density at radius 2 is 1.75 bits per heavy atom. The zero-order valence-electron chi connectivity index (χ0n) is 22.2. The van der Waals surface area contributed by atoms with Crippen molar-refractivity contribution in [1.82, 2.24) is 4.98 Å². The summed E-state index contributed by atoms with van der Waals surface area (Å²) in [6, 6.07) is 8.36. The number of aromatic nitrogens is 1. The highest BCUT2D eigenvalue weighted by molar-refractivity contribution is 5.98. The molecule has 0 spiro atoms. The third-order valence-corrected chi connectivity index (χ3v) is 6.03. The van der Waals surface area contributed by atoms with E-state index in [2.05, 4.69) is 67.1 Å². The van der Waals surface area contributed by atoms with Crippen molar-refractivity contribution in [1.29, 1.82) is 0 Å². The molecule has 0 unspecified atom stereocenters. The van der Waals surface area contributed by atoms with Crippen LogP contribution in [0.15, 0.2) is 102 Å². The molecule has 186 valence electrons. The van der Waals surface area contributed by atoms with E-state index in [-0.39, 0.29) is 0 Å². The van der Waals surface area contributed by atoms with Gasteiger partial charge in [0.25, 0.3) is 0 Å². The minimum atomic E-state index is 0.950. The van der Waals surface area contributed by atoms with Crippen LogP contribution in [0.4, 0.5) is 0 Å². The van der Waals surface area contributed by atoms with Crippen LogP contribution in [0, 0.1) is 6.92 Å². The quantitative estimate of drug-likeness (QED) is 0.116. The topological polar surface area (TPSA) is 37.6 Å². The highest BCUT2D eigenvalue weighted by Gasteiger charge is 2.07. The van der Waals surface area contributed by atoms with Crippen molar-refractivity contribution in [2.45, 2.75) is 59.3 Å². The molecule has 3 heteroatoms. The molecular formula is C33H39N3. The van der Waals surface area contributed by atoms with Crippen molar-refractivity contribution in [3.63, 3.8) is 0 Å². The second-order valence-corrected chi connectivity index (χ2v) is 8.80. The Balaban J connectivity index is 1.93. The van der Waals surface area contributed by atoms with Crippen LogP contribution in [0.3, 0.4) is 0 Å². The van der Waals surface area contributed by atoms with Crippen LogP contribution >= 0.6 is 0 Å². The lowest BCUT2D eigenvalue weighted by Gasteiger charge is -2.10. The normalized spacial score (nSPS) is 12.6. The summed E-state index contributed by atoms with van der Waals surface area (Å²) in [5.74, 6) is 0. The van der Waals surface area contributed by atoms with E-state index in [1.54, 1.807) is 12.3 Å². The van der Waals surface area contributed by atoms with Gasteiger partial charge in [-0.25, -0.2) is 0 Å². The van der Waals surface area contributed by atoms with Gasteiger partial charge in [0, 0.05) is 40.5 Å². The molecule has 0 N–H and O–H groups in total. The predicted octanol–water partition coefficient (Wildman–Crippen LogP) is 9.39. The zero-order valence-corrected chi connectivity index (χ0v) is 22.2. The van der Waals surface area contributed by atoms with Gasteiger partial charge < -0.3 is 0 Å². The lowest BCUT2D eigenvalue weighted by atomic mass is 9.97. The first-order valence-electron chi connectivity index (χ1n) is 12.5. The van der Waals surface area contributed by atoms with Gasteiger partial charge in [-0.2, -0.15) is 0 Å².